The van der Waals surface area contributed by atoms with Crippen molar-refractivity contribution < 1.29 is 9.84 Å². The second kappa shape index (κ2) is 3.92. The third kappa shape index (κ3) is 2.02. The fraction of sp³-hybridized carbons (Fsp3) is 1.00. The number of ether oxygens (including phenoxy) is 1. The molecule has 3 N–H and O–H groups in total. The van der Waals surface area contributed by atoms with Gasteiger partial charge in [0.1, 0.15) is 0 Å². The van der Waals surface area contributed by atoms with E-state index in [0.29, 0.717) is 12.1 Å². The number of hydrogen-bond donors (Lipinski definition) is 2. The lowest BCUT2D eigenvalue weighted by atomic mass is 9.86. The first kappa shape index (κ1) is 9.40. The van der Waals surface area contributed by atoms with Crippen molar-refractivity contribution in [2.75, 3.05) is 26.3 Å². The van der Waals surface area contributed by atoms with Gasteiger partial charge in [-0.1, -0.05) is 0 Å². The van der Waals surface area contributed by atoms with E-state index in [-0.39, 0.29) is 12.7 Å². The lowest BCUT2D eigenvalue weighted by Gasteiger charge is -2.44. The first-order valence-corrected chi connectivity index (χ1v) is 5.01. The molecule has 0 aromatic rings. The Labute approximate surface area is 78.7 Å². The normalized spacial score (nSPS) is 41.5. The molecular weight excluding hydrogens is 168 g/mol. The third-order valence-electron chi connectivity index (χ3n) is 3.04. The summed E-state index contributed by atoms with van der Waals surface area (Å²) in [4.78, 5) is 2.40. The molecule has 1 aliphatic carbocycles. The molecule has 0 spiro atoms. The van der Waals surface area contributed by atoms with Crippen molar-refractivity contribution in [3.05, 3.63) is 0 Å². The Morgan fingerprint density at radius 1 is 1.46 bits per heavy atom. The summed E-state index contributed by atoms with van der Waals surface area (Å²) in [6.45, 7) is 2.74. The van der Waals surface area contributed by atoms with Gasteiger partial charge < -0.3 is 15.6 Å². The molecule has 4 nitrogen and oxygen atoms in total. The van der Waals surface area contributed by atoms with Gasteiger partial charge in [0.15, 0.2) is 0 Å². The molecule has 1 aliphatic heterocycles. The number of hydrogen-bond acceptors (Lipinski definition) is 4. The van der Waals surface area contributed by atoms with Crippen LogP contribution in [0.5, 0.6) is 0 Å². The van der Waals surface area contributed by atoms with Crippen LogP contribution in [0.15, 0.2) is 0 Å². The molecule has 1 heterocycles. The summed E-state index contributed by atoms with van der Waals surface area (Å²) in [5.74, 6) is 0. The van der Waals surface area contributed by atoms with Crippen LogP contribution >= 0.6 is 0 Å². The zero-order chi connectivity index (χ0) is 9.26. The van der Waals surface area contributed by atoms with E-state index in [1.54, 1.807) is 0 Å². The average Bonchev–Trinajstić information content (AvgIpc) is 2.13. The van der Waals surface area contributed by atoms with Gasteiger partial charge in [0.2, 0.25) is 0 Å². The van der Waals surface area contributed by atoms with Gasteiger partial charge in [-0.2, -0.15) is 0 Å². The summed E-state index contributed by atoms with van der Waals surface area (Å²) in [6, 6.07) is 1.05. The van der Waals surface area contributed by atoms with Crippen LogP contribution in [-0.2, 0) is 4.74 Å². The van der Waals surface area contributed by atoms with Gasteiger partial charge in [-0.25, -0.2) is 0 Å². The maximum absolute atomic E-state index is 8.96. The van der Waals surface area contributed by atoms with Crippen LogP contribution in [0.4, 0.5) is 0 Å². The largest absolute Gasteiger partial charge is 0.394 e. The highest BCUT2D eigenvalue weighted by Gasteiger charge is 2.33. The number of nitrogens with two attached hydrogens (primary N) is 1. The van der Waals surface area contributed by atoms with Crippen molar-refractivity contribution in [1.29, 1.82) is 0 Å². The molecule has 76 valence electrons. The Hall–Kier alpha value is -0.160. The summed E-state index contributed by atoms with van der Waals surface area (Å²) in [7, 11) is 0. The molecule has 0 aromatic heterocycles. The van der Waals surface area contributed by atoms with E-state index in [1.165, 1.54) is 0 Å². The highest BCUT2D eigenvalue weighted by atomic mass is 16.5. The molecule has 1 saturated carbocycles. The number of morpholine rings is 1. The molecule has 2 fully saturated rings. The van der Waals surface area contributed by atoms with Crippen LogP contribution in [0.25, 0.3) is 0 Å². The van der Waals surface area contributed by atoms with Crippen molar-refractivity contribution >= 4 is 0 Å². The molecule has 1 atom stereocenters. The molecule has 1 unspecified atom stereocenters. The maximum Gasteiger partial charge on any atom is 0.0932 e. The van der Waals surface area contributed by atoms with E-state index >= 15 is 0 Å². The molecule has 13 heavy (non-hydrogen) atoms. The fourth-order valence-corrected chi connectivity index (χ4v) is 2.11. The Morgan fingerprint density at radius 2 is 2.23 bits per heavy atom. The Bertz CT molecular complexity index is 171. The predicted octanol–water partition coefficient (Wildman–Crippen LogP) is -0.831. The third-order valence-corrected chi connectivity index (χ3v) is 3.04. The van der Waals surface area contributed by atoms with E-state index in [0.717, 1.165) is 32.5 Å². The summed E-state index contributed by atoms with van der Waals surface area (Å²) in [5.41, 5.74) is 5.74. The highest BCUT2D eigenvalue weighted by Crippen LogP contribution is 2.25. The molecular formula is C9H18N2O2. The van der Waals surface area contributed by atoms with Crippen molar-refractivity contribution in [1.82, 2.24) is 4.90 Å². The van der Waals surface area contributed by atoms with Gasteiger partial charge in [-0.05, 0) is 12.8 Å². The zero-order valence-corrected chi connectivity index (χ0v) is 7.85. The van der Waals surface area contributed by atoms with E-state index in [1.807, 2.05) is 0 Å². The maximum atomic E-state index is 8.96. The molecule has 2 rings (SSSR count). The standard InChI is InChI=1S/C9H18N2O2/c10-7-3-8(4-7)11-1-2-13-9(5-11)6-12/h7-9,12H,1-6,10H2. The molecule has 0 bridgehead atoms. The van der Waals surface area contributed by atoms with Crippen LogP contribution in [0, 0.1) is 0 Å². The minimum absolute atomic E-state index is 0.0191. The number of aliphatic hydroxyl groups excluding tert-OH is 1. The second-order valence-corrected chi connectivity index (χ2v) is 4.06. The van der Waals surface area contributed by atoms with Gasteiger partial charge in [0, 0.05) is 25.2 Å². The topological polar surface area (TPSA) is 58.7 Å². The Balaban J connectivity index is 1.79. The average molecular weight is 186 g/mol. The first-order chi connectivity index (χ1) is 6.29. The smallest absolute Gasteiger partial charge is 0.0932 e. The van der Waals surface area contributed by atoms with Crippen molar-refractivity contribution in [3.8, 4) is 0 Å². The van der Waals surface area contributed by atoms with Crippen LogP contribution in [0.1, 0.15) is 12.8 Å². The molecule has 1 saturated heterocycles. The van der Waals surface area contributed by atoms with E-state index in [2.05, 4.69) is 4.90 Å². The van der Waals surface area contributed by atoms with Crippen molar-refractivity contribution in [3.63, 3.8) is 0 Å². The summed E-state index contributed by atoms with van der Waals surface area (Å²) in [6.07, 6.45) is 2.24. The van der Waals surface area contributed by atoms with Crippen LogP contribution in [-0.4, -0.2) is 54.5 Å². The lowest BCUT2D eigenvalue weighted by Crippen LogP contribution is -2.56. The number of rotatable bonds is 2. The zero-order valence-electron chi connectivity index (χ0n) is 7.85. The fourth-order valence-electron chi connectivity index (χ4n) is 2.11. The van der Waals surface area contributed by atoms with Crippen molar-refractivity contribution in [2.24, 2.45) is 5.73 Å². The quantitative estimate of drug-likeness (QED) is 0.591. The lowest BCUT2D eigenvalue weighted by molar-refractivity contribution is -0.0759. The molecule has 0 aromatic carbocycles. The summed E-state index contributed by atoms with van der Waals surface area (Å²) in [5, 5.41) is 8.96. The van der Waals surface area contributed by atoms with Crippen molar-refractivity contribution in [2.45, 2.75) is 31.0 Å². The van der Waals surface area contributed by atoms with Gasteiger partial charge in [-0.15, -0.1) is 0 Å². The highest BCUT2D eigenvalue weighted by molar-refractivity contribution is 4.91. The Kier molecular flexibility index (Phi) is 2.83. The molecule has 2 aliphatic rings. The monoisotopic (exact) mass is 186 g/mol. The minimum atomic E-state index is 0.0191. The van der Waals surface area contributed by atoms with E-state index < -0.39 is 0 Å². The van der Waals surface area contributed by atoms with Gasteiger partial charge >= 0.3 is 0 Å². The van der Waals surface area contributed by atoms with Gasteiger partial charge in [-0.3, -0.25) is 4.90 Å². The molecule has 0 amide bonds. The van der Waals surface area contributed by atoms with Gasteiger partial charge in [0.25, 0.3) is 0 Å². The molecule has 0 radical (unpaired) electrons. The van der Waals surface area contributed by atoms with E-state index in [9.17, 15) is 0 Å². The second-order valence-electron chi connectivity index (χ2n) is 4.06. The summed E-state index contributed by atoms with van der Waals surface area (Å²) >= 11 is 0. The first-order valence-electron chi connectivity index (χ1n) is 5.01. The molecule has 4 heteroatoms. The van der Waals surface area contributed by atoms with Gasteiger partial charge in [0.05, 0.1) is 19.3 Å². The van der Waals surface area contributed by atoms with Crippen LogP contribution in [0.2, 0.25) is 0 Å². The predicted molar refractivity (Wildman–Crippen MR) is 49.4 cm³/mol. The van der Waals surface area contributed by atoms with Crippen LogP contribution in [0.3, 0.4) is 0 Å². The SMILES string of the molecule is NC1CC(N2CCOC(CO)C2)C1. The van der Waals surface area contributed by atoms with Crippen LogP contribution < -0.4 is 5.73 Å². The number of aliphatic hydroxyl groups is 1. The Morgan fingerprint density at radius 3 is 2.85 bits per heavy atom. The number of nitrogens with zero attached hydrogens (tertiary/aromatic N) is 1. The summed E-state index contributed by atoms with van der Waals surface area (Å²) < 4.78 is 5.38. The minimum Gasteiger partial charge on any atom is -0.394 e. The van der Waals surface area contributed by atoms with E-state index in [4.69, 9.17) is 15.6 Å².